The van der Waals surface area contributed by atoms with Crippen molar-refractivity contribution in [3.05, 3.63) is 35.5 Å². The third kappa shape index (κ3) is 3.94. The summed E-state index contributed by atoms with van der Waals surface area (Å²) in [6.07, 6.45) is 0.813. The van der Waals surface area contributed by atoms with Gasteiger partial charge >= 0.3 is 0 Å². The van der Waals surface area contributed by atoms with Crippen LogP contribution in [-0.4, -0.2) is 30.0 Å². The smallest absolute Gasteiger partial charge is 0.216 e. The van der Waals surface area contributed by atoms with E-state index in [0.29, 0.717) is 18.4 Å². The fraction of sp³-hybridized carbons (Fsp3) is 0.375. The number of methoxy groups -OCH3 is 2. The van der Waals surface area contributed by atoms with Crippen LogP contribution in [0.4, 0.5) is 5.69 Å². The average Bonchev–Trinajstić information content (AvgIpc) is 2.88. The van der Waals surface area contributed by atoms with Gasteiger partial charge in [0.1, 0.15) is 5.75 Å². The van der Waals surface area contributed by atoms with E-state index in [4.69, 9.17) is 15.2 Å². The van der Waals surface area contributed by atoms with Crippen LogP contribution in [0.3, 0.4) is 0 Å². The van der Waals surface area contributed by atoms with Crippen molar-refractivity contribution < 1.29 is 9.47 Å². The molecule has 7 heteroatoms. The van der Waals surface area contributed by atoms with Crippen molar-refractivity contribution in [3.63, 3.8) is 0 Å². The van der Waals surface area contributed by atoms with Crippen LogP contribution in [0.15, 0.2) is 29.3 Å². The highest BCUT2D eigenvalue weighted by Crippen LogP contribution is 2.23. The number of aliphatic imine (C=N–C) groups is 1. The van der Waals surface area contributed by atoms with Crippen molar-refractivity contribution in [2.45, 2.75) is 19.9 Å². The molecule has 1 heterocycles. The fourth-order valence-corrected chi connectivity index (χ4v) is 2.33. The molecule has 0 atom stereocenters. The van der Waals surface area contributed by atoms with Gasteiger partial charge in [-0.25, -0.2) is 9.67 Å². The Hall–Kier alpha value is -2.70. The normalized spacial score (nSPS) is 11.4. The number of rotatable bonds is 6. The molecule has 1 aromatic carbocycles. The predicted molar refractivity (Wildman–Crippen MR) is 91.1 cm³/mol. The summed E-state index contributed by atoms with van der Waals surface area (Å²) in [5, 5.41) is 7.48. The van der Waals surface area contributed by atoms with Crippen LogP contribution in [0.5, 0.6) is 11.6 Å². The molecule has 1 aromatic heterocycles. The number of hydrogen-bond acceptors (Lipinski definition) is 4. The molecule has 0 aliphatic rings. The molecule has 2 rings (SSSR count). The Morgan fingerprint density at radius 3 is 2.52 bits per heavy atom. The number of ether oxygens (including phenoxy) is 2. The average molecular weight is 317 g/mol. The van der Waals surface area contributed by atoms with E-state index in [1.807, 2.05) is 38.2 Å². The van der Waals surface area contributed by atoms with Gasteiger partial charge in [-0.05, 0) is 30.7 Å². The number of aryl methyl sites for hydroxylation is 2. The van der Waals surface area contributed by atoms with E-state index in [2.05, 4.69) is 15.4 Å². The van der Waals surface area contributed by atoms with Gasteiger partial charge in [0.2, 0.25) is 5.88 Å². The quantitative estimate of drug-likeness (QED) is 0.628. The van der Waals surface area contributed by atoms with Gasteiger partial charge < -0.3 is 20.5 Å². The molecule has 124 valence electrons. The Labute approximate surface area is 136 Å². The summed E-state index contributed by atoms with van der Waals surface area (Å²) in [5.41, 5.74) is 8.72. The topological polar surface area (TPSA) is 86.7 Å². The van der Waals surface area contributed by atoms with E-state index in [1.165, 1.54) is 0 Å². The minimum absolute atomic E-state index is 0.336. The lowest BCUT2D eigenvalue weighted by Gasteiger charge is -2.07. The zero-order valence-corrected chi connectivity index (χ0v) is 14.0. The largest absolute Gasteiger partial charge is 0.497 e. The first-order chi connectivity index (χ1) is 11.1. The van der Waals surface area contributed by atoms with Crippen LogP contribution in [0, 0.1) is 0 Å². The van der Waals surface area contributed by atoms with E-state index in [9.17, 15) is 0 Å². The number of hydrogen-bond donors (Lipinski definition) is 2. The van der Waals surface area contributed by atoms with E-state index >= 15 is 0 Å². The number of guanidine groups is 1. The Morgan fingerprint density at radius 1 is 1.26 bits per heavy atom. The standard InChI is InChI=1S/C16H23N5O2/c1-5-14-13(15(23-4)21(2)20-14)10-18-16(17)19-11-6-8-12(22-3)9-7-11/h6-9H,5,10H2,1-4H3,(H3,17,18,19). The van der Waals surface area contributed by atoms with Gasteiger partial charge in [-0.15, -0.1) is 0 Å². The number of nitrogens with one attached hydrogen (secondary N) is 1. The summed E-state index contributed by atoms with van der Waals surface area (Å²) in [6, 6.07) is 7.47. The molecular weight excluding hydrogens is 294 g/mol. The third-order valence-electron chi connectivity index (χ3n) is 3.47. The molecule has 3 N–H and O–H groups in total. The lowest BCUT2D eigenvalue weighted by Crippen LogP contribution is -2.22. The minimum Gasteiger partial charge on any atom is -0.497 e. The first kappa shape index (κ1) is 16.7. The fourth-order valence-electron chi connectivity index (χ4n) is 2.33. The molecule has 23 heavy (non-hydrogen) atoms. The number of benzene rings is 1. The third-order valence-corrected chi connectivity index (χ3v) is 3.47. The monoisotopic (exact) mass is 317 g/mol. The Kier molecular flexibility index (Phi) is 5.46. The molecule has 0 amide bonds. The molecule has 0 saturated heterocycles. The lowest BCUT2D eigenvalue weighted by atomic mass is 10.2. The molecule has 0 fully saturated rings. The van der Waals surface area contributed by atoms with Crippen molar-refractivity contribution in [1.82, 2.24) is 9.78 Å². The van der Waals surface area contributed by atoms with Crippen molar-refractivity contribution in [3.8, 4) is 11.6 Å². The highest BCUT2D eigenvalue weighted by atomic mass is 16.5. The van der Waals surface area contributed by atoms with E-state index in [-0.39, 0.29) is 0 Å². The zero-order chi connectivity index (χ0) is 16.8. The SMILES string of the molecule is CCc1nn(C)c(OC)c1CN=C(N)Nc1ccc(OC)cc1. The van der Waals surface area contributed by atoms with Gasteiger partial charge in [0.05, 0.1) is 32.0 Å². The zero-order valence-electron chi connectivity index (χ0n) is 14.0. The summed E-state index contributed by atoms with van der Waals surface area (Å²) >= 11 is 0. The van der Waals surface area contributed by atoms with Crippen LogP contribution in [0.2, 0.25) is 0 Å². The number of nitrogens with zero attached hydrogens (tertiary/aromatic N) is 3. The van der Waals surface area contributed by atoms with Crippen LogP contribution < -0.4 is 20.5 Å². The van der Waals surface area contributed by atoms with Gasteiger partial charge in [-0.3, -0.25) is 0 Å². The molecule has 2 aromatic rings. The second-order valence-corrected chi connectivity index (χ2v) is 4.97. The van der Waals surface area contributed by atoms with E-state index in [1.54, 1.807) is 18.9 Å². The Bertz CT molecular complexity index is 677. The first-order valence-corrected chi connectivity index (χ1v) is 7.38. The summed E-state index contributed by atoms with van der Waals surface area (Å²) in [5.74, 6) is 1.84. The van der Waals surface area contributed by atoms with Crippen LogP contribution in [0.25, 0.3) is 0 Å². The predicted octanol–water partition coefficient (Wildman–Crippen LogP) is 1.93. The minimum atomic E-state index is 0.336. The van der Waals surface area contributed by atoms with Crippen molar-refractivity contribution >= 4 is 11.6 Å². The van der Waals surface area contributed by atoms with E-state index < -0.39 is 0 Å². The summed E-state index contributed by atoms with van der Waals surface area (Å²) < 4.78 is 12.2. The number of aromatic nitrogens is 2. The molecule has 0 bridgehead atoms. The lowest BCUT2D eigenvalue weighted by molar-refractivity contribution is 0.369. The van der Waals surface area contributed by atoms with Gasteiger partial charge in [-0.1, -0.05) is 6.92 Å². The van der Waals surface area contributed by atoms with Crippen LogP contribution >= 0.6 is 0 Å². The van der Waals surface area contributed by atoms with Crippen molar-refractivity contribution in [2.24, 2.45) is 17.8 Å². The highest BCUT2D eigenvalue weighted by Gasteiger charge is 2.15. The summed E-state index contributed by atoms with van der Waals surface area (Å²) in [4.78, 5) is 4.38. The molecule has 0 radical (unpaired) electrons. The highest BCUT2D eigenvalue weighted by molar-refractivity contribution is 5.92. The van der Waals surface area contributed by atoms with E-state index in [0.717, 1.165) is 29.1 Å². The molecule has 0 aliphatic carbocycles. The number of anilines is 1. The number of nitrogens with two attached hydrogens (primary N) is 1. The molecule has 7 nitrogen and oxygen atoms in total. The van der Waals surface area contributed by atoms with Gasteiger partial charge in [0.15, 0.2) is 5.96 Å². The van der Waals surface area contributed by atoms with Crippen LogP contribution in [-0.2, 0) is 20.0 Å². The van der Waals surface area contributed by atoms with Gasteiger partial charge in [-0.2, -0.15) is 5.10 Å². The second kappa shape index (κ2) is 7.53. The Balaban J connectivity index is 2.09. The maximum atomic E-state index is 5.95. The maximum absolute atomic E-state index is 5.95. The molecule has 0 unspecified atom stereocenters. The molecule has 0 spiro atoms. The summed E-state index contributed by atoms with van der Waals surface area (Å²) in [7, 11) is 5.11. The molecule has 0 saturated carbocycles. The molecular formula is C16H23N5O2. The Morgan fingerprint density at radius 2 is 1.96 bits per heavy atom. The van der Waals surface area contributed by atoms with Gasteiger partial charge in [0.25, 0.3) is 0 Å². The second-order valence-electron chi connectivity index (χ2n) is 4.97. The van der Waals surface area contributed by atoms with Gasteiger partial charge in [0, 0.05) is 12.7 Å². The van der Waals surface area contributed by atoms with Crippen molar-refractivity contribution in [1.29, 1.82) is 0 Å². The molecule has 0 aliphatic heterocycles. The van der Waals surface area contributed by atoms with Crippen LogP contribution in [0.1, 0.15) is 18.2 Å². The first-order valence-electron chi connectivity index (χ1n) is 7.38. The van der Waals surface area contributed by atoms with Crippen molar-refractivity contribution in [2.75, 3.05) is 19.5 Å². The maximum Gasteiger partial charge on any atom is 0.216 e. The summed E-state index contributed by atoms with van der Waals surface area (Å²) in [6.45, 7) is 2.46.